The molecule has 0 amide bonds. The molecule has 0 atom stereocenters. The molecular weight excluding hydrogens is 301 g/mol. The number of fused-ring (bicyclic) bond motifs is 3. The van der Waals surface area contributed by atoms with Gasteiger partial charge in [-0.1, -0.05) is 35.9 Å². The van der Waals surface area contributed by atoms with Crippen LogP contribution in [-0.2, 0) is 0 Å². The Morgan fingerprint density at radius 2 is 2.00 bits per heavy atom. The van der Waals surface area contributed by atoms with Gasteiger partial charge in [-0.05, 0) is 29.8 Å². The molecule has 0 unspecified atom stereocenters. The molecule has 3 nitrogen and oxygen atoms in total. The van der Waals surface area contributed by atoms with E-state index in [-0.39, 0.29) is 5.82 Å². The number of anilines is 1. The second-order valence-corrected chi connectivity index (χ2v) is 5.67. The van der Waals surface area contributed by atoms with Crippen LogP contribution in [0.1, 0.15) is 17.5 Å². The number of rotatable bonds is 1. The summed E-state index contributed by atoms with van der Waals surface area (Å²) in [5.74, 6) is 0.691. The monoisotopic (exact) mass is 313 g/mol. The molecule has 0 aromatic heterocycles. The molecule has 22 heavy (non-hydrogen) atoms. The highest BCUT2D eigenvalue weighted by molar-refractivity contribution is 6.31. The average molecular weight is 314 g/mol. The zero-order valence-electron chi connectivity index (χ0n) is 11.7. The lowest BCUT2D eigenvalue weighted by atomic mass is 9.95. The van der Waals surface area contributed by atoms with E-state index in [0.29, 0.717) is 23.7 Å². The standard InChI is InChI=1S/C17H13ClFN3/c18-11-5-7-16-14(9-11)12(13-3-1-2-4-15(13)19)6-8-17-21-20-10-22(16)17/h1-7,9,20H,8,10H2. The van der Waals surface area contributed by atoms with Gasteiger partial charge in [0.25, 0.3) is 0 Å². The van der Waals surface area contributed by atoms with E-state index < -0.39 is 0 Å². The van der Waals surface area contributed by atoms with Gasteiger partial charge in [-0.15, -0.1) is 0 Å². The summed E-state index contributed by atoms with van der Waals surface area (Å²) in [5, 5.41) is 4.94. The molecule has 0 saturated heterocycles. The summed E-state index contributed by atoms with van der Waals surface area (Å²) in [6, 6.07) is 12.5. The first-order chi connectivity index (χ1) is 10.7. The van der Waals surface area contributed by atoms with E-state index >= 15 is 0 Å². The van der Waals surface area contributed by atoms with Crippen LogP contribution < -0.4 is 10.3 Å². The summed E-state index contributed by atoms with van der Waals surface area (Å²) in [6.45, 7) is 0.613. The van der Waals surface area contributed by atoms with Crippen LogP contribution in [0.4, 0.5) is 10.1 Å². The van der Waals surface area contributed by atoms with Crippen molar-refractivity contribution in [3.05, 3.63) is 70.5 Å². The van der Waals surface area contributed by atoms with Gasteiger partial charge >= 0.3 is 0 Å². The van der Waals surface area contributed by atoms with Gasteiger partial charge in [-0.2, -0.15) is 5.10 Å². The molecule has 0 saturated carbocycles. The van der Waals surface area contributed by atoms with Crippen molar-refractivity contribution in [3.63, 3.8) is 0 Å². The highest BCUT2D eigenvalue weighted by Crippen LogP contribution is 2.38. The Balaban J connectivity index is 1.96. The number of benzene rings is 2. The Kier molecular flexibility index (Phi) is 3.12. The summed E-state index contributed by atoms with van der Waals surface area (Å²) in [5.41, 5.74) is 6.34. The number of hydrogen-bond donors (Lipinski definition) is 1. The molecule has 2 aromatic rings. The Hall–Kier alpha value is -2.33. The number of nitrogens with one attached hydrogen (secondary N) is 1. The number of hydrogen-bond acceptors (Lipinski definition) is 3. The summed E-state index contributed by atoms with van der Waals surface area (Å²) in [4.78, 5) is 2.09. The van der Waals surface area contributed by atoms with E-state index in [1.54, 1.807) is 12.1 Å². The topological polar surface area (TPSA) is 27.6 Å². The molecule has 2 aliphatic rings. The molecule has 0 fully saturated rings. The summed E-state index contributed by atoms with van der Waals surface area (Å²) in [6.07, 6.45) is 2.66. The Labute approximate surface area is 132 Å². The minimum atomic E-state index is -0.234. The van der Waals surface area contributed by atoms with Crippen molar-refractivity contribution in [1.82, 2.24) is 5.43 Å². The lowest BCUT2D eigenvalue weighted by molar-refractivity contribution is 0.624. The van der Waals surface area contributed by atoms with Crippen LogP contribution in [0.15, 0.2) is 53.6 Å². The van der Waals surface area contributed by atoms with E-state index in [1.165, 1.54) is 6.07 Å². The number of hydrazone groups is 1. The first-order valence-corrected chi connectivity index (χ1v) is 7.44. The van der Waals surface area contributed by atoms with Crippen LogP contribution in [0.25, 0.3) is 5.57 Å². The van der Waals surface area contributed by atoms with Gasteiger partial charge < -0.3 is 4.90 Å². The Bertz CT molecular complexity index is 813. The smallest absolute Gasteiger partial charge is 0.134 e. The van der Waals surface area contributed by atoms with Gasteiger partial charge in [0.15, 0.2) is 0 Å². The van der Waals surface area contributed by atoms with E-state index in [2.05, 4.69) is 15.4 Å². The van der Waals surface area contributed by atoms with Gasteiger partial charge in [-0.25, -0.2) is 4.39 Å². The molecule has 0 radical (unpaired) electrons. The fourth-order valence-electron chi connectivity index (χ4n) is 2.93. The van der Waals surface area contributed by atoms with Gasteiger partial charge in [0.1, 0.15) is 18.3 Å². The second kappa shape index (κ2) is 5.14. The fourth-order valence-corrected chi connectivity index (χ4v) is 3.10. The van der Waals surface area contributed by atoms with Crippen molar-refractivity contribution in [1.29, 1.82) is 0 Å². The van der Waals surface area contributed by atoms with Gasteiger partial charge in [0.2, 0.25) is 0 Å². The van der Waals surface area contributed by atoms with E-state index in [0.717, 1.165) is 22.7 Å². The fraction of sp³-hybridized carbons (Fsp3) is 0.118. The highest BCUT2D eigenvalue weighted by Gasteiger charge is 2.26. The number of nitrogens with zero attached hydrogens (tertiary/aromatic N) is 2. The van der Waals surface area contributed by atoms with Crippen molar-refractivity contribution < 1.29 is 4.39 Å². The molecular formula is C17H13ClFN3. The van der Waals surface area contributed by atoms with Crippen molar-refractivity contribution in [2.75, 3.05) is 11.6 Å². The van der Waals surface area contributed by atoms with Crippen LogP contribution >= 0.6 is 11.6 Å². The van der Waals surface area contributed by atoms with Crippen LogP contribution in [0, 0.1) is 5.82 Å². The SMILES string of the molecule is Fc1ccccc1C1=CCC2=NNCN2c2ccc(Cl)cc21. The third-order valence-corrected chi connectivity index (χ3v) is 4.18. The second-order valence-electron chi connectivity index (χ2n) is 5.24. The van der Waals surface area contributed by atoms with Crippen LogP contribution in [0.2, 0.25) is 5.02 Å². The lowest BCUT2D eigenvalue weighted by Crippen LogP contribution is -2.28. The van der Waals surface area contributed by atoms with Crippen molar-refractivity contribution in [2.45, 2.75) is 6.42 Å². The number of halogens is 2. The van der Waals surface area contributed by atoms with Crippen molar-refractivity contribution in [2.24, 2.45) is 5.10 Å². The molecule has 2 aromatic carbocycles. The summed E-state index contributed by atoms with van der Waals surface area (Å²) < 4.78 is 14.3. The Morgan fingerprint density at radius 1 is 1.14 bits per heavy atom. The van der Waals surface area contributed by atoms with E-state index in [4.69, 9.17) is 11.6 Å². The summed E-state index contributed by atoms with van der Waals surface area (Å²) >= 11 is 6.18. The van der Waals surface area contributed by atoms with Gasteiger partial charge in [0, 0.05) is 22.6 Å². The molecule has 4 rings (SSSR count). The Morgan fingerprint density at radius 3 is 2.86 bits per heavy atom. The lowest BCUT2D eigenvalue weighted by Gasteiger charge is -2.20. The maximum absolute atomic E-state index is 14.3. The first-order valence-electron chi connectivity index (χ1n) is 7.06. The molecule has 0 aliphatic carbocycles. The quantitative estimate of drug-likeness (QED) is 0.862. The summed E-state index contributed by atoms with van der Waals surface area (Å²) in [7, 11) is 0. The maximum Gasteiger partial charge on any atom is 0.134 e. The third kappa shape index (κ3) is 2.07. The average Bonchev–Trinajstić information content (AvgIpc) is 2.92. The van der Waals surface area contributed by atoms with Crippen LogP contribution in [-0.4, -0.2) is 12.5 Å². The van der Waals surface area contributed by atoms with E-state index in [9.17, 15) is 4.39 Å². The first kappa shape index (κ1) is 13.3. The predicted octanol–water partition coefficient (Wildman–Crippen LogP) is 4.00. The molecule has 1 N–H and O–H groups in total. The molecule has 2 heterocycles. The van der Waals surface area contributed by atoms with Crippen LogP contribution in [0.5, 0.6) is 0 Å². The molecule has 5 heteroatoms. The third-order valence-electron chi connectivity index (χ3n) is 3.94. The highest BCUT2D eigenvalue weighted by atomic mass is 35.5. The predicted molar refractivity (Wildman–Crippen MR) is 87.5 cm³/mol. The zero-order valence-corrected chi connectivity index (χ0v) is 12.4. The van der Waals surface area contributed by atoms with Crippen molar-refractivity contribution >= 4 is 28.7 Å². The minimum Gasteiger partial charge on any atom is -0.308 e. The zero-order chi connectivity index (χ0) is 15.1. The maximum atomic E-state index is 14.3. The number of amidine groups is 1. The van der Waals surface area contributed by atoms with E-state index in [1.807, 2.05) is 30.3 Å². The van der Waals surface area contributed by atoms with Gasteiger partial charge in [0.05, 0.1) is 5.69 Å². The van der Waals surface area contributed by atoms with Crippen molar-refractivity contribution in [3.8, 4) is 0 Å². The molecule has 110 valence electrons. The molecule has 2 aliphatic heterocycles. The normalized spacial score (nSPS) is 16.2. The molecule has 0 bridgehead atoms. The van der Waals surface area contributed by atoms with Crippen LogP contribution in [0.3, 0.4) is 0 Å². The van der Waals surface area contributed by atoms with Gasteiger partial charge in [-0.3, -0.25) is 5.43 Å². The minimum absolute atomic E-state index is 0.234. The largest absolute Gasteiger partial charge is 0.308 e. The molecule has 0 spiro atoms.